The van der Waals surface area contributed by atoms with Gasteiger partial charge in [0.05, 0.1) is 32.5 Å². The first-order valence-corrected chi connectivity index (χ1v) is 13.8. The third-order valence-electron chi connectivity index (χ3n) is 6.86. The lowest BCUT2D eigenvalue weighted by Crippen LogP contribution is -2.62. The van der Waals surface area contributed by atoms with Gasteiger partial charge in [0, 0.05) is 0 Å². The number of benzene rings is 4. The predicted octanol–water partition coefficient (Wildman–Crippen LogP) is 5.19. The second-order valence-corrected chi connectivity index (χ2v) is 9.82. The minimum atomic E-state index is -1.19. The third kappa shape index (κ3) is 7.74. The van der Waals surface area contributed by atoms with Crippen LogP contribution in [0.4, 0.5) is 0 Å². The van der Waals surface area contributed by atoms with Gasteiger partial charge in [0.2, 0.25) is 6.29 Å². The van der Waals surface area contributed by atoms with Gasteiger partial charge < -0.3 is 33.5 Å². The molecule has 1 aliphatic rings. The van der Waals surface area contributed by atoms with Crippen LogP contribution < -0.4 is 9.47 Å². The zero-order valence-electron chi connectivity index (χ0n) is 23.3. The normalized spacial score (nSPS) is 21.8. The predicted molar refractivity (Wildman–Crippen MR) is 155 cm³/mol. The molecule has 42 heavy (non-hydrogen) atoms. The average molecular weight is 571 g/mol. The first-order chi connectivity index (χ1) is 20.6. The van der Waals surface area contributed by atoms with Crippen LogP contribution >= 0.6 is 0 Å². The Labute approximate surface area is 245 Å². The Hall–Kier alpha value is -4.21. The van der Waals surface area contributed by atoms with E-state index in [4.69, 9.17) is 28.4 Å². The van der Waals surface area contributed by atoms with Crippen molar-refractivity contribution in [3.05, 3.63) is 132 Å². The van der Waals surface area contributed by atoms with Crippen LogP contribution in [0, 0.1) is 0 Å². The molecule has 0 unspecified atom stereocenters. The summed E-state index contributed by atoms with van der Waals surface area (Å²) in [5.74, 6) is 0.529. The van der Waals surface area contributed by atoms with Gasteiger partial charge in [-0.25, -0.2) is 4.79 Å². The molecule has 0 aromatic heterocycles. The monoisotopic (exact) mass is 570 g/mol. The molecule has 8 nitrogen and oxygen atoms in total. The number of esters is 1. The summed E-state index contributed by atoms with van der Waals surface area (Å²) in [5, 5.41) is 11.5. The highest BCUT2D eigenvalue weighted by molar-refractivity contribution is 5.89. The lowest BCUT2D eigenvalue weighted by Gasteiger charge is -2.43. The summed E-state index contributed by atoms with van der Waals surface area (Å²) in [4.78, 5) is 13.2. The van der Waals surface area contributed by atoms with Crippen molar-refractivity contribution in [1.29, 1.82) is 0 Å². The number of carbonyl (C=O) groups is 1. The molecule has 0 radical (unpaired) electrons. The van der Waals surface area contributed by atoms with E-state index in [9.17, 15) is 9.90 Å². The Morgan fingerprint density at radius 1 is 0.738 bits per heavy atom. The van der Waals surface area contributed by atoms with E-state index in [0.29, 0.717) is 23.7 Å². The molecule has 0 aliphatic carbocycles. The molecule has 5 atom stereocenters. The Kier molecular flexibility index (Phi) is 10.2. The van der Waals surface area contributed by atoms with Gasteiger partial charge in [0.1, 0.15) is 29.8 Å². The van der Waals surface area contributed by atoms with Crippen LogP contribution in [0.15, 0.2) is 115 Å². The van der Waals surface area contributed by atoms with Crippen LogP contribution in [0.1, 0.15) is 21.5 Å². The van der Waals surface area contributed by atoms with Gasteiger partial charge in [-0.3, -0.25) is 0 Å². The van der Waals surface area contributed by atoms with E-state index in [1.54, 1.807) is 55.6 Å². The van der Waals surface area contributed by atoms with Crippen molar-refractivity contribution in [2.75, 3.05) is 13.7 Å². The number of hydrogen-bond acceptors (Lipinski definition) is 8. The van der Waals surface area contributed by atoms with E-state index in [1.807, 2.05) is 66.7 Å². The minimum Gasteiger partial charge on any atom is -0.497 e. The molecule has 1 heterocycles. The van der Waals surface area contributed by atoms with E-state index in [0.717, 1.165) is 11.1 Å². The second-order valence-electron chi connectivity index (χ2n) is 9.82. The number of aliphatic hydroxyl groups excluding tert-OH is 1. The first kappa shape index (κ1) is 29.3. The number of methoxy groups -OCH3 is 1. The smallest absolute Gasteiger partial charge is 0.338 e. The van der Waals surface area contributed by atoms with Crippen molar-refractivity contribution in [1.82, 2.24) is 0 Å². The fourth-order valence-corrected chi connectivity index (χ4v) is 4.63. The summed E-state index contributed by atoms with van der Waals surface area (Å²) in [6.45, 7) is 0.567. The van der Waals surface area contributed by atoms with Gasteiger partial charge >= 0.3 is 5.97 Å². The fraction of sp³-hybridized carbons (Fsp3) is 0.265. The lowest BCUT2D eigenvalue weighted by molar-refractivity contribution is -0.289. The maximum absolute atomic E-state index is 13.2. The van der Waals surface area contributed by atoms with Gasteiger partial charge in [-0.2, -0.15) is 0 Å². The van der Waals surface area contributed by atoms with Crippen LogP contribution in [-0.4, -0.2) is 55.5 Å². The standard InChI is InChI=1S/C34H34O8/c1-37-27-17-19-28(20-18-27)40-34-32(42-33(36)26-15-9-4-10-16-26)31(39-22-25-13-7-3-8-14-25)30(35)29(41-34)23-38-21-24-11-5-2-6-12-24/h2-20,29-32,34-35H,21-23H2,1H3/t29-,30-,31+,32-,34-/m1/s1. The van der Waals surface area contributed by atoms with Crippen molar-refractivity contribution >= 4 is 5.97 Å². The molecule has 1 N–H and O–H groups in total. The number of hydrogen-bond donors (Lipinski definition) is 1. The van der Waals surface area contributed by atoms with Gasteiger partial charge in [0.25, 0.3) is 0 Å². The average Bonchev–Trinajstić information content (AvgIpc) is 3.04. The molecule has 1 aliphatic heterocycles. The first-order valence-electron chi connectivity index (χ1n) is 13.8. The summed E-state index contributed by atoms with van der Waals surface area (Å²) in [5.41, 5.74) is 2.24. The molecule has 8 heteroatoms. The summed E-state index contributed by atoms with van der Waals surface area (Å²) >= 11 is 0. The Morgan fingerprint density at radius 2 is 1.31 bits per heavy atom. The highest BCUT2D eigenvalue weighted by Gasteiger charge is 2.50. The molecule has 0 spiro atoms. The maximum atomic E-state index is 13.2. The molecule has 0 saturated carbocycles. The molecular formula is C34H34O8. The molecule has 4 aromatic carbocycles. The summed E-state index contributed by atoms with van der Waals surface area (Å²) in [7, 11) is 1.58. The van der Waals surface area contributed by atoms with Crippen molar-refractivity contribution in [2.24, 2.45) is 0 Å². The van der Waals surface area contributed by atoms with Gasteiger partial charge in [0.15, 0.2) is 6.10 Å². The van der Waals surface area contributed by atoms with E-state index < -0.39 is 36.7 Å². The van der Waals surface area contributed by atoms with Crippen LogP contribution in [0.2, 0.25) is 0 Å². The molecule has 4 aromatic rings. The zero-order chi connectivity index (χ0) is 29.1. The third-order valence-corrected chi connectivity index (χ3v) is 6.86. The van der Waals surface area contributed by atoms with Crippen molar-refractivity contribution in [3.8, 4) is 11.5 Å². The van der Waals surface area contributed by atoms with E-state index >= 15 is 0 Å². The Balaban J connectivity index is 1.40. The number of aliphatic hydroxyl groups is 1. The molecule has 0 bridgehead atoms. The summed E-state index contributed by atoms with van der Waals surface area (Å²) in [6, 6.07) is 34.8. The van der Waals surface area contributed by atoms with Gasteiger partial charge in [-0.15, -0.1) is 0 Å². The van der Waals surface area contributed by atoms with Crippen molar-refractivity contribution in [2.45, 2.75) is 43.9 Å². The topological polar surface area (TPSA) is 92.7 Å². The summed E-state index contributed by atoms with van der Waals surface area (Å²) < 4.78 is 35.9. The number of carbonyl (C=O) groups excluding carboxylic acids is 1. The maximum Gasteiger partial charge on any atom is 0.338 e. The second kappa shape index (κ2) is 14.6. The Morgan fingerprint density at radius 3 is 1.93 bits per heavy atom. The molecule has 1 fully saturated rings. The van der Waals surface area contributed by atoms with Crippen molar-refractivity contribution < 1.29 is 38.3 Å². The highest BCUT2D eigenvalue weighted by atomic mass is 16.7. The Bertz CT molecular complexity index is 1370. The number of ether oxygens (including phenoxy) is 6. The van der Waals surface area contributed by atoms with Crippen LogP contribution in [0.3, 0.4) is 0 Å². The van der Waals surface area contributed by atoms with Crippen LogP contribution in [0.25, 0.3) is 0 Å². The minimum absolute atomic E-state index is 0.0586. The SMILES string of the molecule is COc1ccc(O[C@@H]2O[C@H](COCc3ccccc3)[C@@H](O)[C@H](OCc3ccccc3)[C@H]2OC(=O)c2ccccc2)cc1. The highest BCUT2D eigenvalue weighted by Crippen LogP contribution is 2.31. The molecule has 0 amide bonds. The van der Waals surface area contributed by atoms with E-state index in [2.05, 4.69) is 0 Å². The van der Waals surface area contributed by atoms with E-state index in [1.165, 1.54) is 0 Å². The summed E-state index contributed by atoms with van der Waals surface area (Å²) in [6.07, 6.45) is -5.22. The number of rotatable bonds is 12. The van der Waals surface area contributed by atoms with Crippen LogP contribution in [0.5, 0.6) is 11.5 Å². The van der Waals surface area contributed by atoms with Gasteiger partial charge in [-0.05, 0) is 47.5 Å². The quantitative estimate of drug-likeness (QED) is 0.233. The molecule has 5 rings (SSSR count). The fourth-order valence-electron chi connectivity index (χ4n) is 4.63. The van der Waals surface area contributed by atoms with Crippen LogP contribution in [-0.2, 0) is 32.2 Å². The largest absolute Gasteiger partial charge is 0.497 e. The van der Waals surface area contributed by atoms with Gasteiger partial charge in [-0.1, -0.05) is 78.9 Å². The molecular weight excluding hydrogens is 536 g/mol. The zero-order valence-corrected chi connectivity index (χ0v) is 23.3. The lowest BCUT2D eigenvalue weighted by atomic mass is 9.98. The van der Waals surface area contributed by atoms with E-state index in [-0.39, 0.29) is 13.2 Å². The van der Waals surface area contributed by atoms with Crippen molar-refractivity contribution in [3.63, 3.8) is 0 Å². The molecule has 218 valence electrons. The molecule has 1 saturated heterocycles.